The number of nitrogens with zero attached hydrogens (tertiary/aromatic N) is 3. The van der Waals surface area contributed by atoms with Gasteiger partial charge in [0, 0.05) is 52.5 Å². The lowest BCUT2D eigenvalue weighted by Gasteiger charge is -2.35. The van der Waals surface area contributed by atoms with E-state index in [1.54, 1.807) is 0 Å². The number of rotatable bonds is 8. The maximum Gasteiger partial charge on any atom is 0.309 e. The average Bonchev–Trinajstić information content (AvgIpc) is 2.68. The Morgan fingerprint density at radius 3 is 2.21 bits per heavy atom. The van der Waals surface area contributed by atoms with Crippen LogP contribution in [0.4, 0.5) is 5.69 Å². The zero-order valence-electron chi connectivity index (χ0n) is 17.4. The van der Waals surface area contributed by atoms with Crippen molar-refractivity contribution >= 4 is 17.5 Å². The van der Waals surface area contributed by atoms with E-state index in [2.05, 4.69) is 39.8 Å². The molecule has 156 valence electrons. The van der Waals surface area contributed by atoms with E-state index in [0.29, 0.717) is 32.8 Å². The maximum absolute atomic E-state index is 12.2. The van der Waals surface area contributed by atoms with Crippen molar-refractivity contribution in [3.63, 3.8) is 0 Å². The van der Waals surface area contributed by atoms with Crippen LogP contribution in [-0.4, -0.2) is 95.7 Å². The van der Waals surface area contributed by atoms with Crippen molar-refractivity contribution in [2.75, 3.05) is 79.0 Å². The molecule has 8 heteroatoms. The van der Waals surface area contributed by atoms with Crippen molar-refractivity contribution in [1.82, 2.24) is 20.4 Å². The first-order valence-corrected chi connectivity index (χ1v) is 9.68. The molecule has 1 aromatic rings. The summed E-state index contributed by atoms with van der Waals surface area (Å²) in [5.41, 5.74) is 2.23. The Hall–Kier alpha value is -2.16. The van der Waals surface area contributed by atoms with Gasteiger partial charge in [-0.15, -0.1) is 0 Å². The van der Waals surface area contributed by atoms with Gasteiger partial charge in [-0.25, -0.2) is 0 Å². The molecule has 0 aromatic heterocycles. The van der Waals surface area contributed by atoms with E-state index in [1.165, 1.54) is 0 Å². The van der Waals surface area contributed by atoms with Gasteiger partial charge >= 0.3 is 11.8 Å². The van der Waals surface area contributed by atoms with Crippen LogP contribution < -0.4 is 15.5 Å². The molecule has 0 radical (unpaired) electrons. The molecule has 1 aromatic carbocycles. The number of hydrogen-bond donors (Lipinski definition) is 2. The molecule has 1 fully saturated rings. The minimum absolute atomic E-state index is 0.00126. The number of anilines is 1. The minimum atomic E-state index is -0.595. The Morgan fingerprint density at radius 1 is 1.04 bits per heavy atom. The topological polar surface area (TPSA) is 77.2 Å². The number of hydrogen-bond acceptors (Lipinski definition) is 6. The molecule has 0 bridgehead atoms. The van der Waals surface area contributed by atoms with Crippen molar-refractivity contribution in [3.8, 4) is 0 Å². The van der Waals surface area contributed by atoms with E-state index in [1.807, 2.05) is 38.0 Å². The largest absolute Gasteiger partial charge is 0.379 e. The van der Waals surface area contributed by atoms with Gasteiger partial charge in [-0.2, -0.15) is 0 Å². The van der Waals surface area contributed by atoms with Gasteiger partial charge in [0.1, 0.15) is 0 Å². The summed E-state index contributed by atoms with van der Waals surface area (Å²) >= 11 is 0. The lowest BCUT2D eigenvalue weighted by Crippen LogP contribution is -2.47. The summed E-state index contributed by atoms with van der Waals surface area (Å²) < 4.78 is 5.46. The quantitative estimate of drug-likeness (QED) is 0.604. The molecule has 1 atom stereocenters. The smallest absolute Gasteiger partial charge is 0.309 e. The molecule has 1 aliphatic rings. The molecule has 0 saturated carbocycles. The number of likely N-dealkylation sites (N-methyl/N-ethyl adjacent to an activating group) is 1. The molecular weight excluding hydrogens is 358 g/mol. The van der Waals surface area contributed by atoms with Crippen LogP contribution in [0, 0.1) is 0 Å². The fraction of sp³-hybridized carbons (Fsp3) is 0.600. The Balaban J connectivity index is 1.99. The highest BCUT2D eigenvalue weighted by Crippen LogP contribution is 2.23. The van der Waals surface area contributed by atoms with Gasteiger partial charge in [0.25, 0.3) is 0 Å². The third-order valence-corrected chi connectivity index (χ3v) is 4.79. The van der Waals surface area contributed by atoms with Crippen molar-refractivity contribution in [2.45, 2.75) is 6.04 Å². The Morgan fingerprint density at radius 2 is 1.64 bits per heavy atom. The van der Waals surface area contributed by atoms with Crippen LogP contribution in [0.25, 0.3) is 0 Å². The first-order chi connectivity index (χ1) is 13.4. The Kier molecular flexibility index (Phi) is 8.69. The lowest BCUT2D eigenvalue weighted by molar-refractivity contribution is -0.139. The standard InChI is InChI=1S/C20H33N5O3/c1-23(2)10-9-21-19(26)20(27)22-15-18(25-11-13-28-14-12-25)16-5-7-17(8-6-16)24(3)4/h5-8,18H,9-15H2,1-4H3,(H,21,26)(H,22,27). The fourth-order valence-electron chi connectivity index (χ4n) is 3.08. The van der Waals surface area contributed by atoms with E-state index >= 15 is 0 Å². The fourth-order valence-corrected chi connectivity index (χ4v) is 3.08. The zero-order valence-corrected chi connectivity index (χ0v) is 17.4. The van der Waals surface area contributed by atoms with Crippen molar-refractivity contribution < 1.29 is 14.3 Å². The molecule has 0 spiro atoms. The Bertz CT molecular complexity index is 627. The maximum atomic E-state index is 12.2. The zero-order chi connectivity index (χ0) is 20.5. The van der Waals surface area contributed by atoms with Crippen LogP contribution in [-0.2, 0) is 14.3 Å². The molecule has 0 aliphatic carbocycles. The van der Waals surface area contributed by atoms with E-state index in [-0.39, 0.29) is 6.04 Å². The summed E-state index contributed by atoms with van der Waals surface area (Å²) in [6, 6.07) is 8.30. The highest BCUT2D eigenvalue weighted by molar-refractivity contribution is 6.35. The Labute approximate surface area is 167 Å². The monoisotopic (exact) mass is 391 g/mol. The summed E-state index contributed by atoms with van der Waals surface area (Å²) in [5, 5.41) is 5.44. The highest BCUT2D eigenvalue weighted by Gasteiger charge is 2.24. The predicted molar refractivity (Wildman–Crippen MR) is 110 cm³/mol. The third-order valence-electron chi connectivity index (χ3n) is 4.79. The lowest BCUT2D eigenvalue weighted by atomic mass is 10.0. The van der Waals surface area contributed by atoms with Crippen LogP contribution in [0.15, 0.2) is 24.3 Å². The molecule has 2 amide bonds. The van der Waals surface area contributed by atoms with E-state index in [4.69, 9.17) is 4.74 Å². The third kappa shape index (κ3) is 6.78. The molecule has 2 rings (SSSR count). The molecule has 1 saturated heterocycles. The van der Waals surface area contributed by atoms with Gasteiger partial charge in [-0.05, 0) is 31.8 Å². The SMILES string of the molecule is CN(C)CCNC(=O)C(=O)NCC(c1ccc(N(C)C)cc1)N1CCOCC1. The number of morpholine rings is 1. The van der Waals surface area contributed by atoms with Crippen molar-refractivity contribution in [3.05, 3.63) is 29.8 Å². The summed E-state index contributed by atoms with van der Waals surface area (Å²) in [5.74, 6) is -1.19. The van der Waals surface area contributed by atoms with Gasteiger partial charge in [-0.3, -0.25) is 14.5 Å². The molecule has 8 nitrogen and oxygen atoms in total. The average molecular weight is 392 g/mol. The van der Waals surface area contributed by atoms with Gasteiger partial charge in [0.15, 0.2) is 0 Å². The van der Waals surface area contributed by atoms with Crippen LogP contribution in [0.3, 0.4) is 0 Å². The van der Waals surface area contributed by atoms with Crippen LogP contribution in [0.2, 0.25) is 0 Å². The highest BCUT2D eigenvalue weighted by atomic mass is 16.5. The molecular formula is C20H33N5O3. The molecule has 28 heavy (non-hydrogen) atoms. The second-order valence-corrected chi connectivity index (χ2v) is 7.42. The second kappa shape index (κ2) is 11.0. The molecule has 1 aliphatic heterocycles. The van der Waals surface area contributed by atoms with E-state index in [9.17, 15) is 9.59 Å². The normalized spacial score (nSPS) is 15.9. The number of benzene rings is 1. The molecule has 1 heterocycles. The van der Waals surface area contributed by atoms with Crippen LogP contribution in [0.1, 0.15) is 11.6 Å². The van der Waals surface area contributed by atoms with Gasteiger partial charge in [-0.1, -0.05) is 12.1 Å². The number of carbonyl (C=O) groups excluding carboxylic acids is 2. The van der Waals surface area contributed by atoms with Gasteiger partial charge in [0.05, 0.1) is 19.3 Å². The first-order valence-electron chi connectivity index (χ1n) is 9.68. The summed E-state index contributed by atoms with van der Waals surface area (Å²) in [6.07, 6.45) is 0. The number of nitrogens with one attached hydrogen (secondary N) is 2. The van der Waals surface area contributed by atoms with E-state index < -0.39 is 11.8 Å². The second-order valence-electron chi connectivity index (χ2n) is 7.42. The summed E-state index contributed by atoms with van der Waals surface area (Å²) in [4.78, 5) is 30.5. The number of carbonyl (C=O) groups is 2. The summed E-state index contributed by atoms with van der Waals surface area (Å²) in [7, 11) is 7.84. The number of amides is 2. The first kappa shape index (κ1) is 22.1. The van der Waals surface area contributed by atoms with Gasteiger partial charge in [0.2, 0.25) is 0 Å². The van der Waals surface area contributed by atoms with Crippen molar-refractivity contribution in [1.29, 1.82) is 0 Å². The summed E-state index contributed by atoms with van der Waals surface area (Å²) in [6.45, 7) is 4.44. The van der Waals surface area contributed by atoms with Crippen molar-refractivity contribution in [2.24, 2.45) is 0 Å². The predicted octanol–water partition coefficient (Wildman–Crippen LogP) is -0.0801. The van der Waals surface area contributed by atoms with Gasteiger partial charge < -0.3 is 25.2 Å². The van der Waals surface area contributed by atoms with Crippen LogP contribution in [0.5, 0.6) is 0 Å². The minimum Gasteiger partial charge on any atom is -0.379 e. The van der Waals surface area contributed by atoms with Crippen LogP contribution >= 0.6 is 0 Å². The number of ether oxygens (including phenoxy) is 1. The van der Waals surface area contributed by atoms with E-state index in [0.717, 1.165) is 24.3 Å². The molecule has 2 N–H and O–H groups in total. The molecule has 1 unspecified atom stereocenters.